The van der Waals surface area contributed by atoms with E-state index in [0.717, 1.165) is 0 Å². The smallest absolute Gasteiger partial charge is 0.225 e. The highest BCUT2D eigenvalue weighted by atomic mass is 16.6. The fraction of sp³-hybridized carbons (Fsp3) is 0.944. The fourth-order valence-corrected chi connectivity index (χ4v) is 4.56. The third-order valence-corrected chi connectivity index (χ3v) is 6.01. The van der Waals surface area contributed by atoms with Gasteiger partial charge >= 0.3 is 0 Å². The highest BCUT2D eigenvalue weighted by Gasteiger charge is 2.50. The summed E-state index contributed by atoms with van der Waals surface area (Å²) in [5.74, 6) is 0.113. The fourth-order valence-electron chi connectivity index (χ4n) is 4.56. The molecule has 0 bridgehead atoms. The Balaban J connectivity index is 1.22. The van der Waals surface area contributed by atoms with Crippen molar-refractivity contribution in [3.8, 4) is 0 Å². The lowest BCUT2D eigenvalue weighted by atomic mass is 10.1. The predicted octanol–water partition coefficient (Wildman–Crippen LogP) is 0.0533. The molecule has 3 aliphatic heterocycles. The van der Waals surface area contributed by atoms with Crippen molar-refractivity contribution in [3.05, 3.63) is 0 Å². The number of morpholine rings is 1. The Labute approximate surface area is 149 Å². The summed E-state index contributed by atoms with van der Waals surface area (Å²) in [6.07, 6.45) is 4.74. The van der Waals surface area contributed by atoms with Crippen LogP contribution in [0, 0.1) is 0 Å². The van der Waals surface area contributed by atoms with E-state index in [9.17, 15) is 9.90 Å². The van der Waals surface area contributed by atoms with Crippen LogP contribution in [0.3, 0.4) is 0 Å². The van der Waals surface area contributed by atoms with E-state index in [0.29, 0.717) is 51.7 Å². The number of amides is 1. The van der Waals surface area contributed by atoms with Crippen molar-refractivity contribution >= 4 is 5.91 Å². The second-order valence-electron chi connectivity index (χ2n) is 7.75. The minimum absolute atomic E-state index is 0.0899. The van der Waals surface area contributed by atoms with Crippen LogP contribution in [0.5, 0.6) is 0 Å². The first-order chi connectivity index (χ1) is 12.2. The Morgan fingerprint density at radius 2 is 1.92 bits per heavy atom. The molecule has 7 nitrogen and oxygen atoms in total. The average Bonchev–Trinajstić information content (AvgIpc) is 3.33. The number of carbonyl (C=O) groups excluding carboxylic acids is 1. The van der Waals surface area contributed by atoms with Gasteiger partial charge in [0.2, 0.25) is 5.91 Å². The molecule has 5 atom stereocenters. The molecule has 4 aliphatic rings. The molecule has 142 valence electrons. The third kappa shape index (κ3) is 4.01. The van der Waals surface area contributed by atoms with Gasteiger partial charge in [0.05, 0.1) is 37.9 Å². The standard InChI is InChI=1S/C18H30N2O5/c21-16(20-5-7-23-8-6-20)10-13-9-14-18(24-13)17(22)15(25-14)11-19-12-3-1-2-4-12/h12-15,17-19,22H,1-11H2/t13-,14+,15+,17+,18-/m0/s1. The van der Waals surface area contributed by atoms with E-state index in [2.05, 4.69) is 5.32 Å². The summed E-state index contributed by atoms with van der Waals surface area (Å²) in [6.45, 7) is 3.22. The number of rotatable bonds is 5. The number of nitrogens with zero attached hydrogens (tertiary/aromatic N) is 1. The van der Waals surface area contributed by atoms with Crippen LogP contribution in [0.15, 0.2) is 0 Å². The molecule has 2 N–H and O–H groups in total. The quantitative estimate of drug-likeness (QED) is 0.726. The second kappa shape index (κ2) is 7.88. The molecule has 4 fully saturated rings. The number of hydrogen-bond acceptors (Lipinski definition) is 6. The van der Waals surface area contributed by atoms with Crippen molar-refractivity contribution < 1.29 is 24.1 Å². The first-order valence-electron chi connectivity index (χ1n) is 9.78. The SMILES string of the molecule is O=C(C[C@@H]1C[C@H]2O[C@H](CNC3CCCC3)[C@@H](O)[C@H]2O1)N1CCOCC1. The maximum atomic E-state index is 12.3. The van der Waals surface area contributed by atoms with Crippen LogP contribution in [0.2, 0.25) is 0 Å². The molecule has 25 heavy (non-hydrogen) atoms. The van der Waals surface area contributed by atoms with Gasteiger partial charge in [-0.25, -0.2) is 0 Å². The summed E-state index contributed by atoms with van der Waals surface area (Å²) >= 11 is 0. The van der Waals surface area contributed by atoms with Crippen molar-refractivity contribution in [2.24, 2.45) is 0 Å². The lowest BCUT2D eigenvalue weighted by Crippen LogP contribution is -2.43. The van der Waals surface area contributed by atoms with Gasteiger partial charge in [0, 0.05) is 32.1 Å². The van der Waals surface area contributed by atoms with Crippen LogP contribution in [-0.4, -0.2) is 85.3 Å². The van der Waals surface area contributed by atoms with E-state index in [1.807, 2.05) is 4.90 Å². The zero-order valence-corrected chi connectivity index (χ0v) is 14.8. The monoisotopic (exact) mass is 354 g/mol. The van der Waals surface area contributed by atoms with Crippen molar-refractivity contribution in [2.75, 3.05) is 32.8 Å². The van der Waals surface area contributed by atoms with Gasteiger partial charge in [-0.2, -0.15) is 0 Å². The molecule has 0 unspecified atom stereocenters. The molecule has 0 aromatic heterocycles. The number of fused-ring (bicyclic) bond motifs is 1. The summed E-state index contributed by atoms with van der Waals surface area (Å²) in [4.78, 5) is 14.2. The first-order valence-corrected chi connectivity index (χ1v) is 9.78. The molecule has 1 amide bonds. The van der Waals surface area contributed by atoms with Gasteiger partial charge in [-0.3, -0.25) is 4.79 Å². The number of hydrogen-bond donors (Lipinski definition) is 2. The maximum absolute atomic E-state index is 12.3. The van der Waals surface area contributed by atoms with Crippen molar-refractivity contribution in [3.63, 3.8) is 0 Å². The molecule has 7 heteroatoms. The summed E-state index contributed by atoms with van der Waals surface area (Å²) in [5.41, 5.74) is 0. The van der Waals surface area contributed by atoms with Crippen LogP contribution >= 0.6 is 0 Å². The van der Waals surface area contributed by atoms with E-state index < -0.39 is 6.10 Å². The highest BCUT2D eigenvalue weighted by Crippen LogP contribution is 2.35. The van der Waals surface area contributed by atoms with Crippen molar-refractivity contribution in [2.45, 2.75) is 75.1 Å². The van der Waals surface area contributed by atoms with E-state index in [4.69, 9.17) is 14.2 Å². The zero-order valence-electron chi connectivity index (χ0n) is 14.8. The van der Waals surface area contributed by atoms with Gasteiger partial charge in [0.25, 0.3) is 0 Å². The summed E-state index contributed by atoms with van der Waals surface area (Å²) < 4.78 is 17.3. The van der Waals surface area contributed by atoms with Gasteiger partial charge in [-0.1, -0.05) is 12.8 Å². The van der Waals surface area contributed by atoms with Crippen LogP contribution in [-0.2, 0) is 19.0 Å². The second-order valence-corrected chi connectivity index (χ2v) is 7.75. The van der Waals surface area contributed by atoms with E-state index in [1.165, 1.54) is 25.7 Å². The van der Waals surface area contributed by atoms with Gasteiger partial charge in [0.1, 0.15) is 12.2 Å². The number of carbonyl (C=O) groups is 1. The van der Waals surface area contributed by atoms with Gasteiger partial charge in [-0.15, -0.1) is 0 Å². The molecule has 0 aromatic rings. The first kappa shape index (κ1) is 17.7. The van der Waals surface area contributed by atoms with E-state index >= 15 is 0 Å². The van der Waals surface area contributed by atoms with Crippen LogP contribution in [0.1, 0.15) is 38.5 Å². The Hall–Kier alpha value is -0.730. The summed E-state index contributed by atoms with van der Waals surface area (Å²) in [5, 5.41) is 14.0. The molecular weight excluding hydrogens is 324 g/mol. The normalized spacial score (nSPS) is 39.1. The minimum Gasteiger partial charge on any atom is -0.388 e. The summed E-state index contributed by atoms with van der Waals surface area (Å²) in [7, 11) is 0. The Kier molecular flexibility index (Phi) is 5.57. The number of aliphatic hydroxyl groups is 1. The zero-order chi connectivity index (χ0) is 17.2. The van der Waals surface area contributed by atoms with Gasteiger partial charge in [-0.05, 0) is 12.8 Å². The molecule has 0 aromatic carbocycles. The minimum atomic E-state index is -0.609. The molecule has 1 aliphatic carbocycles. The number of nitrogens with one attached hydrogen (secondary N) is 1. The summed E-state index contributed by atoms with van der Waals surface area (Å²) in [6, 6.07) is 0.566. The molecule has 3 heterocycles. The van der Waals surface area contributed by atoms with Crippen LogP contribution < -0.4 is 5.32 Å². The van der Waals surface area contributed by atoms with E-state index in [1.54, 1.807) is 0 Å². The molecule has 3 saturated heterocycles. The topological polar surface area (TPSA) is 80.3 Å². The maximum Gasteiger partial charge on any atom is 0.225 e. The molecule has 1 saturated carbocycles. The van der Waals surface area contributed by atoms with Crippen molar-refractivity contribution in [1.29, 1.82) is 0 Å². The Bertz CT molecular complexity index is 464. The largest absolute Gasteiger partial charge is 0.388 e. The predicted molar refractivity (Wildman–Crippen MR) is 90.2 cm³/mol. The Morgan fingerprint density at radius 1 is 1.16 bits per heavy atom. The number of aliphatic hydroxyl groups excluding tert-OH is 1. The lowest BCUT2D eigenvalue weighted by molar-refractivity contribution is -0.138. The van der Waals surface area contributed by atoms with Crippen LogP contribution in [0.4, 0.5) is 0 Å². The molecular formula is C18H30N2O5. The Morgan fingerprint density at radius 3 is 2.64 bits per heavy atom. The van der Waals surface area contributed by atoms with Crippen molar-refractivity contribution in [1.82, 2.24) is 10.2 Å². The molecule has 0 spiro atoms. The highest BCUT2D eigenvalue weighted by molar-refractivity contribution is 5.76. The van der Waals surface area contributed by atoms with E-state index in [-0.39, 0.29) is 30.3 Å². The lowest BCUT2D eigenvalue weighted by Gasteiger charge is -2.28. The van der Waals surface area contributed by atoms with Gasteiger partial charge in [0.15, 0.2) is 0 Å². The van der Waals surface area contributed by atoms with Crippen LogP contribution in [0.25, 0.3) is 0 Å². The average molecular weight is 354 g/mol. The molecule has 4 rings (SSSR count). The number of ether oxygens (including phenoxy) is 3. The third-order valence-electron chi connectivity index (χ3n) is 6.01. The van der Waals surface area contributed by atoms with Gasteiger partial charge < -0.3 is 29.5 Å². The molecule has 0 radical (unpaired) electrons.